The van der Waals surface area contributed by atoms with Crippen LogP contribution in [-0.2, 0) is 9.59 Å². The summed E-state index contributed by atoms with van der Waals surface area (Å²) >= 11 is 1.60. The van der Waals surface area contributed by atoms with Gasteiger partial charge in [-0.25, -0.2) is 9.59 Å². The molecular formula is C11H19N3O4S. The van der Waals surface area contributed by atoms with Gasteiger partial charge in [-0.05, 0) is 6.42 Å². The first-order valence-corrected chi connectivity index (χ1v) is 6.87. The van der Waals surface area contributed by atoms with Crippen molar-refractivity contribution < 1.29 is 19.5 Å². The summed E-state index contributed by atoms with van der Waals surface area (Å²) in [4.78, 5) is 32.8. The van der Waals surface area contributed by atoms with E-state index in [4.69, 9.17) is 10.8 Å². The molecule has 1 unspecified atom stereocenters. The molecule has 0 saturated heterocycles. The van der Waals surface area contributed by atoms with Crippen LogP contribution >= 0.6 is 11.8 Å². The summed E-state index contributed by atoms with van der Waals surface area (Å²) < 4.78 is 0. The number of hydrogen-bond donors (Lipinski definition) is 4. The molecule has 19 heavy (non-hydrogen) atoms. The van der Waals surface area contributed by atoms with Gasteiger partial charge in [0.15, 0.2) is 0 Å². The maximum atomic E-state index is 11.4. The molecule has 0 fully saturated rings. The Balaban J connectivity index is 3.93. The Morgan fingerprint density at radius 2 is 2.11 bits per heavy atom. The molecule has 0 rings (SSSR count). The number of carboxylic acid groups (broad SMARTS) is 1. The summed E-state index contributed by atoms with van der Waals surface area (Å²) in [7, 11) is 0. The molecule has 108 valence electrons. The van der Waals surface area contributed by atoms with Gasteiger partial charge < -0.3 is 21.5 Å². The number of primary amides is 1. The van der Waals surface area contributed by atoms with Crippen LogP contribution in [0.1, 0.15) is 12.8 Å². The van der Waals surface area contributed by atoms with Crippen molar-refractivity contribution in [1.82, 2.24) is 10.6 Å². The number of amides is 3. The molecule has 0 aliphatic carbocycles. The lowest BCUT2D eigenvalue weighted by molar-refractivity contribution is -0.139. The third-order valence-corrected chi connectivity index (χ3v) is 3.01. The molecule has 1 atom stereocenters. The van der Waals surface area contributed by atoms with E-state index >= 15 is 0 Å². The molecule has 0 spiro atoms. The first kappa shape index (κ1) is 17.3. The summed E-state index contributed by atoms with van der Waals surface area (Å²) in [6.07, 6.45) is 1.64. The molecule has 0 aliphatic rings. The Hall–Kier alpha value is -1.70. The van der Waals surface area contributed by atoms with E-state index in [-0.39, 0.29) is 12.8 Å². The van der Waals surface area contributed by atoms with Gasteiger partial charge >= 0.3 is 12.0 Å². The first-order valence-electron chi connectivity index (χ1n) is 5.71. The molecule has 0 radical (unpaired) electrons. The third kappa shape index (κ3) is 9.95. The second-order valence-corrected chi connectivity index (χ2v) is 4.81. The van der Waals surface area contributed by atoms with Crippen LogP contribution in [0, 0.1) is 0 Å². The van der Waals surface area contributed by atoms with E-state index in [0.29, 0.717) is 12.3 Å². The first-order chi connectivity index (χ1) is 8.97. The van der Waals surface area contributed by atoms with Gasteiger partial charge in [-0.3, -0.25) is 4.79 Å². The molecule has 0 bridgehead atoms. The van der Waals surface area contributed by atoms with Crippen LogP contribution in [0.3, 0.4) is 0 Å². The predicted molar refractivity (Wildman–Crippen MR) is 73.9 cm³/mol. The van der Waals surface area contributed by atoms with Crippen LogP contribution in [0.15, 0.2) is 12.7 Å². The topological polar surface area (TPSA) is 122 Å². The second kappa shape index (κ2) is 10.2. The number of rotatable bonds is 10. The molecule has 7 nitrogen and oxygen atoms in total. The Labute approximate surface area is 116 Å². The number of nitrogens with one attached hydrogen (secondary N) is 2. The van der Waals surface area contributed by atoms with Crippen molar-refractivity contribution in [2.75, 3.05) is 18.1 Å². The fraction of sp³-hybridized carbons (Fsp3) is 0.545. The minimum atomic E-state index is -1.20. The zero-order valence-corrected chi connectivity index (χ0v) is 11.4. The minimum Gasteiger partial charge on any atom is -0.480 e. The smallest absolute Gasteiger partial charge is 0.326 e. The van der Waals surface area contributed by atoms with Crippen molar-refractivity contribution in [3.63, 3.8) is 0 Å². The van der Waals surface area contributed by atoms with Crippen LogP contribution in [0.4, 0.5) is 4.79 Å². The Morgan fingerprint density at radius 1 is 1.42 bits per heavy atom. The van der Waals surface area contributed by atoms with E-state index in [1.165, 1.54) is 0 Å². The van der Waals surface area contributed by atoms with Gasteiger partial charge in [0.25, 0.3) is 0 Å². The molecule has 3 amide bonds. The lowest BCUT2D eigenvalue weighted by Crippen LogP contribution is -2.46. The highest BCUT2D eigenvalue weighted by Crippen LogP contribution is 1.98. The van der Waals surface area contributed by atoms with Crippen LogP contribution in [0.2, 0.25) is 0 Å². The van der Waals surface area contributed by atoms with Crippen LogP contribution in [0.25, 0.3) is 0 Å². The van der Waals surface area contributed by atoms with Crippen molar-refractivity contribution in [1.29, 1.82) is 0 Å². The Morgan fingerprint density at radius 3 is 2.63 bits per heavy atom. The van der Waals surface area contributed by atoms with Crippen LogP contribution in [0.5, 0.6) is 0 Å². The molecule has 0 aliphatic heterocycles. The highest BCUT2D eigenvalue weighted by molar-refractivity contribution is 7.99. The zero-order chi connectivity index (χ0) is 14.7. The predicted octanol–water partition coefficient (Wildman–Crippen LogP) is -0.0765. The van der Waals surface area contributed by atoms with Gasteiger partial charge in [-0.15, -0.1) is 6.58 Å². The maximum Gasteiger partial charge on any atom is 0.326 e. The largest absolute Gasteiger partial charge is 0.480 e. The van der Waals surface area contributed by atoms with Gasteiger partial charge in [0.2, 0.25) is 5.91 Å². The number of carbonyl (C=O) groups excluding carboxylic acids is 2. The van der Waals surface area contributed by atoms with E-state index in [1.807, 2.05) is 0 Å². The summed E-state index contributed by atoms with van der Waals surface area (Å²) in [5, 5.41) is 13.7. The number of thioether (sulfide) groups is 1. The molecule has 5 N–H and O–H groups in total. The van der Waals surface area contributed by atoms with E-state index in [2.05, 4.69) is 17.2 Å². The monoisotopic (exact) mass is 289 g/mol. The van der Waals surface area contributed by atoms with Crippen molar-refractivity contribution >= 4 is 29.7 Å². The molecule has 8 heteroatoms. The fourth-order valence-electron chi connectivity index (χ4n) is 1.16. The fourth-order valence-corrected chi connectivity index (χ4v) is 1.74. The average Bonchev–Trinajstić information content (AvgIpc) is 2.33. The number of nitrogens with two attached hydrogens (primary N) is 1. The minimum absolute atomic E-state index is 0.0245. The number of hydrogen-bond acceptors (Lipinski definition) is 4. The molecule has 0 heterocycles. The van der Waals surface area contributed by atoms with E-state index in [9.17, 15) is 14.4 Å². The summed E-state index contributed by atoms with van der Waals surface area (Å²) in [5.41, 5.74) is 4.93. The number of carboxylic acids is 1. The van der Waals surface area contributed by atoms with Gasteiger partial charge in [-0.1, -0.05) is 6.08 Å². The van der Waals surface area contributed by atoms with Gasteiger partial charge in [0.05, 0.1) is 0 Å². The highest BCUT2D eigenvalue weighted by Gasteiger charge is 2.20. The molecule has 0 aromatic carbocycles. The number of aliphatic carboxylic acids is 1. The van der Waals surface area contributed by atoms with E-state index in [0.717, 1.165) is 5.75 Å². The van der Waals surface area contributed by atoms with E-state index in [1.54, 1.807) is 17.8 Å². The maximum absolute atomic E-state index is 11.4. The molecule has 0 aromatic heterocycles. The third-order valence-electron chi connectivity index (χ3n) is 2.05. The lowest BCUT2D eigenvalue weighted by atomic mass is 10.1. The van der Waals surface area contributed by atoms with Crippen molar-refractivity contribution in [3.8, 4) is 0 Å². The molecular weight excluding hydrogens is 270 g/mol. The van der Waals surface area contributed by atoms with Gasteiger partial charge in [0.1, 0.15) is 6.04 Å². The normalized spacial score (nSPS) is 11.4. The van der Waals surface area contributed by atoms with Crippen LogP contribution < -0.4 is 16.4 Å². The van der Waals surface area contributed by atoms with Crippen molar-refractivity contribution in [2.45, 2.75) is 18.9 Å². The van der Waals surface area contributed by atoms with Gasteiger partial charge in [0, 0.05) is 24.5 Å². The number of urea groups is 1. The van der Waals surface area contributed by atoms with E-state index < -0.39 is 23.9 Å². The SMILES string of the molecule is C=CCSCCNC(=O)NC(CCC(N)=O)C(=O)O. The molecule has 0 aromatic rings. The summed E-state index contributed by atoms with van der Waals surface area (Å²) in [6.45, 7) is 3.99. The standard InChI is InChI=1S/C11H19N3O4S/c1-2-6-19-7-5-13-11(18)14-8(10(16)17)3-4-9(12)15/h2,8H,1,3-7H2,(H2,12,15)(H,16,17)(H2,13,14,18). The number of carbonyl (C=O) groups is 3. The zero-order valence-electron chi connectivity index (χ0n) is 10.6. The second-order valence-electron chi connectivity index (χ2n) is 3.66. The quantitative estimate of drug-likeness (QED) is 0.331. The highest BCUT2D eigenvalue weighted by atomic mass is 32.2. The van der Waals surface area contributed by atoms with Crippen LogP contribution in [-0.4, -0.2) is 47.1 Å². The Bertz CT molecular complexity index is 336. The molecule has 0 saturated carbocycles. The Kier molecular flexibility index (Phi) is 9.33. The summed E-state index contributed by atoms with van der Waals surface area (Å²) in [5.74, 6) is -0.301. The van der Waals surface area contributed by atoms with Gasteiger partial charge in [-0.2, -0.15) is 11.8 Å². The average molecular weight is 289 g/mol. The van der Waals surface area contributed by atoms with Crippen molar-refractivity contribution in [2.24, 2.45) is 5.73 Å². The van der Waals surface area contributed by atoms with Crippen molar-refractivity contribution in [3.05, 3.63) is 12.7 Å². The lowest BCUT2D eigenvalue weighted by Gasteiger charge is -2.14. The summed E-state index contributed by atoms with van der Waals surface area (Å²) in [6, 6.07) is -1.69.